The number of rotatable bonds is 9. The van der Waals surface area contributed by atoms with Gasteiger partial charge in [0.2, 0.25) is 0 Å². The molecule has 0 aromatic heterocycles. The Labute approximate surface area is 127 Å². The van der Waals surface area contributed by atoms with Crippen molar-refractivity contribution >= 4 is 0 Å². The van der Waals surface area contributed by atoms with Crippen LogP contribution >= 0.6 is 0 Å². The van der Waals surface area contributed by atoms with Crippen LogP contribution in [0, 0.1) is 5.41 Å². The zero-order chi connectivity index (χ0) is 15.0. The van der Waals surface area contributed by atoms with E-state index in [-0.39, 0.29) is 12.0 Å². The molecule has 2 N–H and O–H groups in total. The summed E-state index contributed by atoms with van der Waals surface area (Å²) in [6.07, 6.45) is 4.73. The number of nitrogens with one attached hydrogen (secondary N) is 1. The molecule has 1 saturated carbocycles. The smallest absolute Gasteiger partial charge is 0.161 e. The van der Waals surface area contributed by atoms with Crippen molar-refractivity contribution in [1.82, 2.24) is 5.32 Å². The van der Waals surface area contributed by atoms with Gasteiger partial charge in [-0.15, -0.1) is 0 Å². The molecule has 21 heavy (non-hydrogen) atoms. The van der Waals surface area contributed by atoms with Gasteiger partial charge in [0.25, 0.3) is 0 Å². The maximum Gasteiger partial charge on any atom is 0.161 e. The van der Waals surface area contributed by atoms with Gasteiger partial charge in [-0.05, 0) is 31.9 Å². The van der Waals surface area contributed by atoms with Crippen molar-refractivity contribution in [3.8, 4) is 11.5 Å². The Morgan fingerprint density at radius 3 is 2.43 bits per heavy atom. The number of aliphatic hydroxyl groups excluding tert-OH is 1. The molecule has 0 spiro atoms. The van der Waals surface area contributed by atoms with E-state index in [0.717, 1.165) is 37.4 Å². The summed E-state index contributed by atoms with van der Waals surface area (Å²) in [7, 11) is 0. The molecule has 0 heterocycles. The van der Waals surface area contributed by atoms with Gasteiger partial charge in [-0.25, -0.2) is 0 Å². The Hall–Kier alpha value is -1.26. The van der Waals surface area contributed by atoms with Gasteiger partial charge in [0.1, 0.15) is 6.61 Å². The number of hydrogen-bond donors (Lipinski definition) is 2. The molecule has 0 amide bonds. The molecule has 0 atom stereocenters. The highest BCUT2D eigenvalue weighted by Gasteiger charge is 2.32. The molecule has 0 bridgehead atoms. The molecule has 1 aromatic rings. The predicted molar refractivity (Wildman–Crippen MR) is 84.0 cm³/mol. The maximum atomic E-state index is 9.56. The van der Waals surface area contributed by atoms with Gasteiger partial charge in [-0.3, -0.25) is 0 Å². The van der Waals surface area contributed by atoms with Crippen molar-refractivity contribution < 1.29 is 14.6 Å². The van der Waals surface area contributed by atoms with Crippen LogP contribution in [-0.4, -0.2) is 38.0 Å². The van der Waals surface area contributed by atoms with Gasteiger partial charge in [0.15, 0.2) is 11.5 Å². The first-order valence-electron chi connectivity index (χ1n) is 7.96. The lowest BCUT2D eigenvalue weighted by atomic mass is 9.87. The number of para-hydroxylation sites is 2. The van der Waals surface area contributed by atoms with Crippen LogP contribution in [0.4, 0.5) is 0 Å². The van der Waals surface area contributed by atoms with E-state index >= 15 is 0 Å². The number of benzene rings is 1. The Morgan fingerprint density at radius 1 is 1.14 bits per heavy atom. The first kappa shape index (κ1) is 16.1. The minimum absolute atomic E-state index is 0.100. The molecule has 1 aromatic carbocycles. The molecule has 4 heteroatoms. The summed E-state index contributed by atoms with van der Waals surface area (Å²) in [6.45, 7) is 5.15. The van der Waals surface area contributed by atoms with E-state index in [0.29, 0.717) is 13.2 Å². The molecule has 1 aliphatic carbocycles. The van der Waals surface area contributed by atoms with Gasteiger partial charge in [-0.1, -0.05) is 25.0 Å². The fraction of sp³-hybridized carbons (Fsp3) is 0.647. The van der Waals surface area contributed by atoms with Crippen LogP contribution in [0.25, 0.3) is 0 Å². The second kappa shape index (κ2) is 8.25. The quantitative estimate of drug-likeness (QED) is 0.687. The number of aliphatic hydroxyl groups is 1. The van der Waals surface area contributed by atoms with E-state index in [2.05, 4.69) is 5.32 Å². The van der Waals surface area contributed by atoms with Gasteiger partial charge >= 0.3 is 0 Å². The minimum Gasteiger partial charge on any atom is -0.490 e. The van der Waals surface area contributed by atoms with Crippen molar-refractivity contribution in [3.05, 3.63) is 24.3 Å². The first-order valence-corrected chi connectivity index (χ1v) is 7.96. The highest BCUT2D eigenvalue weighted by Crippen LogP contribution is 2.36. The molecular formula is C17H27NO3. The molecule has 118 valence electrons. The molecule has 1 aliphatic rings. The second-order valence-electron chi connectivity index (χ2n) is 5.77. The van der Waals surface area contributed by atoms with E-state index in [4.69, 9.17) is 9.47 Å². The van der Waals surface area contributed by atoms with Crippen LogP contribution in [0.2, 0.25) is 0 Å². The summed E-state index contributed by atoms with van der Waals surface area (Å²) in [4.78, 5) is 0. The minimum atomic E-state index is 0.100. The molecule has 2 rings (SSSR count). The SMILES string of the molecule is CCOc1ccccc1OCCNCC1(CO)CCCC1. The largest absolute Gasteiger partial charge is 0.490 e. The third-order valence-electron chi connectivity index (χ3n) is 4.19. The molecule has 1 fully saturated rings. The number of hydrogen-bond acceptors (Lipinski definition) is 4. The first-order chi connectivity index (χ1) is 10.3. The van der Waals surface area contributed by atoms with Crippen LogP contribution < -0.4 is 14.8 Å². The van der Waals surface area contributed by atoms with Crippen LogP contribution in [0.15, 0.2) is 24.3 Å². The summed E-state index contributed by atoms with van der Waals surface area (Å²) in [6, 6.07) is 7.74. The highest BCUT2D eigenvalue weighted by atomic mass is 16.5. The summed E-state index contributed by atoms with van der Waals surface area (Å²) in [5, 5.41) is 13.0. The second-order valence-corrected chi connectivity index (χ2v) is 5.77. The molecule has 0 saturated heterocycles. The highest BCUT2D eigenvalue weighted by molar-refractivity contribution is 5.39. The van der Waals surface area contributed by atoms with Crippen molar-refractivity contribution in [3.63, 3.8) is 0 Å². The summed E-state index contributed by atoms with van der Waals surface area (Å²) < 4.78 is 11.3. The van der Waals surface area contributed by atoms with E-state index in [1.165, 1.54) is 12.8 Å². The molecule has 0 aliphatic heterocycles. The Bertz CT molecular complexity index is 416. The van der Waals surface area contributed by atoms with Gasteiger partial charge < -0.3 is 19.9 Å². The summed E-state index contributed by atoms with van der Waals surface area (Å²) in [5.74, 6) is 1.58. The lowest BCUT2D eigenvalue weighted by Gasteiger charge is -2.26. The van der Waals surface area contributed by atoms with Crippen LogP contribution in [-0.2, 0) is 0 Å². The predicted octanol–water partition coefficient (Wildman–Crippen LogP) is 2.61. The third kappa shape index (κ3) is 4.61. The lowest BCUT2D eigenvalue weighted by Crippen LogP contribution is -2.36. The third-order valence-corrected chi connectivity index (χ3v) is 4.19. The molecule has 0 unspecified atom stereocenters. The van der Waals surface area contributed by atoms with Crippen LogP contribution in [0.5, 0.6) is 11.5 Å². The van der Waals surface area contributed by atoms with Crippen molar-refractivity contribution in [2.45, 2.75) is 32.6 Å². The molecule has 4 nitrogen and oxygen atoms in total. The fourth-order valence-corrected chi connectivity index (χ4v) is 2.95. The maximum absolute atomic E-state index is 9.56. The summed E-state index contributed by atoms with van der Waals surface area (Å²) in [5.41, 5.74) is 0.100. The monoisotopic (exact) mass is 293 g/mol. The average Bonchev–Trinajstić information content (AvgIpc) is 2.98. The molecular weight excluding hydrogens is 266 g/mol. The van der Waals surface area contributed by atoms with Gasteiger partial charge in [0.05, 0.1) is 6.61 Å². The summed E-state index contributed by atoms with van der Waals surface area (Å²) >= 11 is 0. The average molecular weight is 293 g/mol. The van der Waals surface area contributed by atoms with Crippen molar-refractivity contribution in [2.75, 3.05) is 32.9 Å². The van der Waals surface area contributed by atoms with Crippen molar-refractivity contribution in [1.29, 1.82) is 0 Å². The zero-order valence-electron chi connectivity index (χ0n) is 12.9. The Kier molecular flexibility index (Phi) is 6.33. The number of ether oxygens (including phenoxy) is 2. The van der Waals surface area contributed by atoms with Crippen molar-refractivity contribution in [2.24, 2.45) is 5.41 Å². The Morgan fingerprint density at radius 2 is 1.81 bits per heavy atom. The zero-order valence-corrected chi connectivity index (χ0v) is 12.9. The fourth-order valence-electron chi connectivity index (χ4n) is 2.95. The van der Waals surface area contributed by atoms with Crippen LogP contribution in [0.1, 0.15) is 32.6 Å². The standard InChI is InChI=1S/C17H27NO3/c1-2-20-15-7-3-4-8-16(15)21-12-11-18-13-17(14-19)9-5-6-10-17/h3-4,7-8,18-19H,2,5-6,9-14H2,1H3. The van der Waals surface area contributed by atoms with Gasteiger partial charge in [-0.2, -0.15) is 0 Å². The Balaban J connectivity index is 1.70. The van der Waals surface area contributed by atoms with E-state index < -0.39 is 0 Å². The topological polar surface area (TPSA) is 50.7 Å². The van der Waals surface area contributed by atoms with E-state index in [9.17, 15) is 5.11 Å². The van der Waals surface area contributed by atoms with Crippen LogP contribution in [0.3, 0.4) is 0 Å². The van der Waals surface area contributed by atoms with Gasteiger partial charge in [0, 0.05) is 25.1 Å². The molecule has 0 radical (unpaired) electrons. The normalized spacial score (nSPS) is 16.9. The van der Waals surface area contributed by atoms with E-state index in [1.807, 2.05) is 31.2 Å². The van der Waals surface area contributed by atoms with E-state index in [1.54, 1.807) is 0 Å². The lowest BCUT2D eigenvalue weighted by molar-refractivity contribution is 0.127.